The van der Waals surface area contributed by atoms with Gasteiger partial charge in [0, 0.05) is 12.8 Å². The number of rotatable bonds is 78. The molecular weight excluding hydrogens is 1270 g/mol. The summed E-state index contributed by atoms with van der Waals surface area (Å²) in [5.41, 5.74) is 0. The van der Waals surface area contributed by atoms with E-state index < -0.39 is 24.3 Å². The Bertz CT molecular complexity index is 2270. The van der Waals surface area contributed by atoms with Crippen molar-refractivity contribution in [1.82, 2.24) is 0 Å². The van der Waals surface area contributed by atoms with Crippen molar-refractivity contribution in [2.75, 3.05) is 47.5 Å². The maximum Gasteiger partial charge on any atom is 0.361 e. The summed E-state index contributed by atoms with van der Waals surface area (Å²) >= 11 is 0. The van der Waals surface area contributed by atoms with Gasteiger partial charge in [-0.1, -0.05) is 384 Å². The van der Waals surface area contributed by atoms with Gasteiger partial charge in [-0.3, -0.25) is 9.59 Å². The molecule has 0 saturated heterocycles. The fourth-order valence-corrected chi connectivity index (χ4v) is 11.9. The molecule has 2 atom stereocenters. The molecule has 0 aliphatic rings. The third-order valence-electron chi connectivity index (χ3n) is 18.3. The third-order valence-corrected chi connectivity index (χ3v) is 18.3. The van der Waals surface area contributed by atoms with Gasteiger partial charge in [-0.15, -0.1) is 0 Å². The van der Waals surface area contributed by atoms with E-state index in [0.29, 0.717) is 23.9 Å². The van der Waals surface area contributed by atoms with Crippen LogP contribution in [-0.2, 0) is 33.3 Å². The van der Waals surface area contributed by atoms with Crippen molar-refractivity contribution < 1.29 is 42.9 Å². The number of nitrogens with zero attached hydrogens (tertiary/aromatic N) is 1. The van der Waals surface area contributed by atoms with Crippen molar-refractivity contribution in [3.63, 3.8) is 0 Å². The summed E-state index contributed by atoms with van der Waals surface area (Å²) in [6.45, 7) is 4.68. The van der Waals surface area contributed by atoms with Gasteiger partial charge in [-0.05, 0) is 122 Å². The van der Waals surface area contributed by atoms with Crippen molar-refractivity contribution in [3.05, 3.63) is 158 Å². The van der Waals surface area contributed by atoms with Gasteiger partial charge in [-0.2, -0.15) is 0 Å². The topological polar surface area (TPSA) is 108 Å². The van der Waals surface area contributed by atoms with Crippen molar-refractivity contribution >= 4 is 17.9 Å². The lowest BCUT2D eigenvalue weighted by Crippen LogP contribution is -2.40. The molecule has 0 spiro atoms. The van der Waals surface area contributed by atoms with Crippen molar-refractivity contribution in [2.24, 2.45) is 0 Å². The highest BCUT2D eigenvalue weighted by Gasteiger charge is 2.25. The Balaban J connectivity index is 4.00. The highest BCUT2D eigenvalue weighted by molar-refractivity contribution is 5.71. The molecule has 1 N–H and O–H groups in total. The fraction of sp³-hybridized carbons (Fsp3) is 0.691. The molecule has 0 aromatic heterocycles. The summed E-state index contributed by atoms with van der Waals surface area (Å²) in [6, 6.07) is 0. The lowest BCUT2D eigenvalue weighted by atomic mass is 10.0. The highest BCUT2D eigenvalue weighted by atomic mass is 16.7. The van der Waals surface area contributed by atoms with E-state index in [1.165, 1.54) is 205 Å². The number of esters is 2. The average molecular weight is 1430 g/mol. The molecule has 0 amide bonds. The molecule has 0 aromatic rings. The molecule has 0 saturated carbocycles. The summed E-state index contributed by atoms with van der Waals surface area (Å²) < 4.78 is 23.1. The second-order valence-corrected chi connectivity index (χ2v) is 29.4. The first-order chi connectivity index (χ1) is 50.6. The fourth-order valence-electron chi connectivity index (χ4n) is 11.9. The van der Waals surface area contributed by atoms with Gasteiger partial charge in [0.25, 0.3) is 6.29 Å². The molecule has 2 unspecified atom stereocenters. The number of ether oxygens (including phenoxy) is 4. The van der Waals surface area contributed by atoms with Gasteiger partial charge in [-0.25, -0.2) is 4.79 Å². The van der Waals surface area contributed by atoms with E-state index >= 15 is 0 Å². The van der Waals surface area contributed by atoms with E-state index in [2.05, 4.69) is 172 Å². The van der Waals surface area contributed by atoms with Crippen LogP contribution in [0.1, 0.15) is 361 Å². The molecule has 9 heteroatoms. The van der Waals surface area contributed by atoms with Crippen molar-refractivity contribution in [1.29, 1.82) is 0 Å². The second-order valence-electron chi connectivity index (χ2n) is 29.4. The van der Waals surface area contributed by atoms with Crippen LogP contribution in [0.25, 0.3) is 0 Å². The number of likely N-dealkylation sites (N-methyl/N-ethyl adjacent to an activating group) is 1. The Labute approximate surface area is 635 Å². The second kappa shape index (κ2) is 82.6. The van der Waals surface area contributed by atoms with E-state index in [4.69, 9.17) is 18.9 Å². The number of carboxylic acid groups (broad SMARTS) is 1. The lowest BCUT2D eigenvalue weighted by molar-refractivity contribution is -0.870. The predicted molar refractivity (Wildman–Crippen MR) is 447 cm³/mol. The Morgan fingerprint density at radius 1 is 0.291 bits per heavy atom. The summed E-state index contributed by atoms with van der Waals surface area (Å²) in [5, 5.41) is 9.79. The number of allylic oxidation sites excluding steroid dienone is 26. The Kier molecular flexibility index (Phi) is 78.5. The molecule has 103 heavy (non-hydrogen) atoms. The molecule has 0 radical (unpaired) electrons. The van der Waals surface area contributed by atoms with Gasteiger partial charge in [0.1, 0.15) is 13.2 Å². The Morgan fingerprint density at radius 3 is 0.777 bits per heavy atom. The van der Waals surface area contributed by atoms with Crippen LogP contribution in [0.4, 0.5) is 0 Å². The number of hydrogen-bond acceptors (Lipinski definition) is 7. The molecule has 9 nitrogen and oxygen atoms in total. The van der Waals surface area contributed by atoms with E-state index in [0.717, 1.165) is 122 Å². The molecule has 588 valence electrons. The number of unbranched alkanes of at least 4 members (excludes halogenated alkanes) is 37. The van der Waals surface area contributed by atoms with Gasteiger partial charge < -0.3 is 28.5 Å². The maximum absolute atomic E-state index is 13.0. The zero-order chi connectivity index (χ0) is 74.6. The van der Waals surface area contributed by atoms with Crippen LogP contribution in [0.3, 0.4) is 0 Å². The molecule has 0 fully saturated rings. The van der Waals surface area contributed by atoms with Crippen molar-refractivity contribution in [2.45, 2.75) is 373 Å². The number of quaternary nitrogens is 1. The zero-order valence-corrected chi connectivity index (χ0v) is 67.4. The highest BCUT2D eigenvalue weighted by Crippen LogP contribution is 2.19. The Hall–Kier alpha value is -5.09. The number of hydrogen-bond donors (Lipinski definition) is 1. The van der Waals surface area contributed by atoms with Crippen LogP contribution in [0.5, 0.6) is 0 Å². The summed E-state index contributed by atoms with van der Waals surface area (Å²) in [6.07, 6.45) is 120. The van der Waals surface area contributed by atoms with Crippen LogP contribution in [0, 0.1) is 0 Å². The zero-order valence-electron chi connectivity index (χ0n) is 67.4. The SMILES string of the molecule is CC/C=C\C/C=C\C/C=C\C/C=C\C/C=C\C/C=C\C/C=C\C/C=C\CCCCCCCCCCCCCCC(=O)OC(COC(=O)CCCCCCCCCCCCCCCCCCCCCCCCCCC/C=C\C/C=C\C/C=C\C/C=C\C/C=C\CC)COC(OCC[N+](C)(C)C)C(=O)O. The molecule has 0 aromatic carbocycles. The van der Waals surface area contributed by atoms with Gasteiger partial charge in [0.2, 0.25) is 0 Å². The van der Waals surface area contributed by atoms with E-state index in [-0.39, 0.29) is 32.2 Å². The first kappa shape index (κ1) is 97.9. The molecule has 0 aliphatic carbocycles. The van der Waals surface area contributed by atoms with Crippen LogP contribution in [0.15, 0.2) is 158 Å². The van der Waals surface area contributed by atoms with Crippen molar-refractivity contribution in [3.8, 4) is 0 Å². The molecule has 0 heterocycles. The molecule has 0 aliphatic heterocycles. The van der Waals surface area contributed by atoms with Gasteiger partial charge >= 0.3 is 17.9 Å². The largest absolute Gasteiger partial charge is 0.477 e. The average Bonchev–Trinajstić information content (AvgIpc) is 1.16. The van der Waals surface area contributed by atoms with E-state index in [1.54, 1.807) is 0 Å². The van der Waals surface area contributed by atoms with Crippen LogP contribution in [0.2, 0.25) is 0 Å². The van der Waals surface area contributed by atoms with Gasteiger partial charge in [0.15, 0.2) is 6.10 Å². The summed E-state index contributed by atoms with van der Waals surface area (Å²) in [5.74, 6) is -2.00. The standard InChI is InChI=1S/C94H159NO8/c1-6-8-10-12-14-16-18-20-22-24-26-28-30-32-34-36-38-40-42-44-45-46-47-49-50-52-54-56-58-60-62-64-66-68-70-72-74-76-78-80-82-84-91(96)101-88-90(89-102-94(93(98)99)100-87-86-95(3,4)5)103-92(97)85-83-81-79-77-75-73-71-69-67-65-63-61-59-57-55-53-51-48-43-41-39-37-35-33-31-29-27-25-23-21-19-17-15-13-11-9-7-2/h8-11,14-17,20-23,26-29,32-35,39,41,48,51,55,57,90,94H,6-7,12-13,18-19,24-25,30-31,36-38,40,42-47,49-50,52-54,56,58-89H2,1-5H3/p+1/b10-8-,11-9-,16-14-,17-15-,22-20-,23-21-,28-26-,29-27-,34-32-,35-33-,41-39-,51-48-,57-55-. The Morgan fingerprint density at radius 2 is 0.524 bits per heavy atom. The first-order valence-electron chi connectivity index (χ1n) is 42.6. The number of carboxylic acids is 1. The molecule has 0 bridgehead atoms. The molecule has 0 rings (SSSR count). The smallest absolute Gasteiger partial charge is 0.361 e. The third kappa shape index (κ3) is 84.1. The molecular formula is C94H160NO8+. The van der Waals surface area contributed by atoms with Gasteiger partial charge in [0.05, 0.1) is 34.4 Å². The summed E-state index contributed by atoms with van der Waals surface area (Å²) in [7, 11) is 5.99. The monoisotopic (exact) mass is 1430 g/mol. The lowest BCUT2D eigenvalue weighted by Gasteiger charge is -2.25. The van der Waals surface area contributed by atoms with E-state index in [9.17, 15) is 19.5 Å². The number of carbonyl (C=O) groups excluding carboxylic acids is 2. The number of carbonyl (C=O) groups is 3. The quantitative estimate of drug-likeness (QED) is 0.0211. The van der Waals surface area contributed by atoms with Crippen LogP contribution < -0.4 is 0 Å². The normalized spacial score (nSPS) is 13.4. The van der Waals surface area contributed by atoms with E-state index in [1.807, 2.05) is 21.1 Å². The van der Waals surface area contributed by atoms with Crippen LogP contribution in [-0.4, -0.2) is 87.4 Å². The minimum Gasteiger partial charge on any atom is -0.477 e. The minimum atomic E-state index is -1.52. The van der Waals surface area contributed by atoms with Crippen LogP contribution >= 0.6 is 0 Å². The maximum atomic E-state index is 13.0. The first-order valence-corrected chi connectivity index (χ1v) is 42.6. The predicted octanol–water partition coefficient (Wildman–Crippen LogP) is 27.9. The minimum absolute atomic E-state index is 0.183. The summed E-state index contributed by atoms with van der Waals surface area (Å²) in [4.78, 5) is 37.8. The number of aliphatic carboxylic acids is 1.